The first-order valence-electron chi connectivity index (χ1n) is 7.50. The van der Waals surface area contributed by atoms with E-state index >= 15 is 0 Å². The van der Waals surface area contributed by atoms with E-state index < -0.39 is 0 Å². The van der Waals surface area contributed by atoms with Crippen molar-refractivity contribution in [3.63, 3.8) is 0 Å². The Hall–Kier alpha value is -2.62. The zero-order valence-corrected chi connectivity index (χ0v) is 13.9. The van der Waals surface area contributed by atoms with Crippen LogP contribution in [0.4, 0.5) is 0 Å². The van der Waals surface area contributed by atoms with Crippen molar-refractivity contribution < 1.29 is 9.53 Å². The van der Waals surface area contributed by atoms with Crippen LogP contribution in [0.5, 0.6) is 5.75 Å². The minimum Gasteiger partial charge on any atom is -0.489 e. The molecule has 0 N–H and O–H groups in total. The van der Waals surface area contributed by atoms with E-state index in [0.29, 0.717) is 24.5 Å². The van der Waals surface area contributed by atoms with Crippen molar-refractivity contribution in [2.24, 2.45) is 0 Å². The highest BCUT2D eigenvalue weighted by Crippen LogP contribution is 2.16. The SMILES string of the molecule is C=C(C)COc1cccc(C(=O)N(C)Cc2ncccc2C)c1. The average Bonchev–Trinajstić information content (AvgIpc) is 2.54. The normalized spacial score (nSPS) is 10.2. The van der Waals surface area contributed by atoms with Gasteiger partial charge >= 0.3 is 0 Å². The molecule has 0 saturated heterocycles. The molecular formula is C19H22N2O2. The maximum absolute atomic E-state index is 12.6. The highest BCUT2D eigenvalue weighted by molar-refractivity contribution is 5.94. The molecule has 0 saturated carbocycles. The zero-order valence-electron chi connectivity index (χ0n) is 13.9. The number of rotatable bonds is 6. The summed E-state index contributed by atoms with van der Waals surface area (Å²) in [6.07, 6.45) is 1.74. The van der Waals surface area contributed by atoms with Gasteiger partial charge in [-0.3, -0.25) is 9.78 Å². The van der Waals surface area contributed by atoms with Crippen LogP contribution in [-0.2, 0) is 6.54 Å². The highest BCUT2D eigenvalue weighted by atomic mass is 16.5. The van der Waals surface area contributed by atoms with Crippen LogP contribution in [0.15, 0.2) is 54.7 Å². The van der Waals surface area contributed by atoms with Crippen molar-refractivity contribution in [3.05, 3.63) is 71.6 Å². The Bertz CT molecular complexity index is 710. The summed E-state index contributed by atoms with van der Waals surface area (Å²) in [5, 5.41) is 0. The maximum atomic E-state index is 12.6. The molecule has 0 aliphatic rings. The van der Waals surface area contributed by atoms with Crippen LogP contribution in [0.25, 0.3) is 0 Å². The number of hydrogen-bond donors (Lipinski definition) is 0. The summed E-state index contributed by atoms with van der Waals surface area (Å²) in [5.74, 6) is 0.608. The van der Waals surface area contributed by atoms with E-state index in [4.69, 9.17) is 4.74 Å². The van der Waals surface area contributed by atoms with Gasteiger partial charge in [0.2, 0.25) is 0 Å². The summed E-state index contributed by atoms with van der Waals surface area (Å²) in [6, 6.07) is 11.1. The Labute approximate surface area is 137 Å². The average molecular weight is 310 g/mol. The van der Waals surface area contributed by atoms with Crippen LogP contribution in [0.3, 0.4) is 0 Å². The maximum Gasteiger partial charge on any atom is 0.254 e. The van der Waals surface area contributed by atoms with E-state index in [9.17, 15) is 4.79 Å². The fourth-order valence-electron chi connectivity index (χ4n) is 2.13. The quantitative estimate of drug-likeness (QED) is 0.765. The fourth-order valence-corrected chi connectivity index (χ4v) is 2.13. The van der Waals surface area contributed by atoms with Gasteiger partial charge in [-0.25, -0.2) is 0 Å². The van der Waals surface area contributed by atoms with Gasteiger partial charge in [0.05, 0.1) is 12.2 Å². The second kappa shape index (κ2) is 7.58. The van der Waals surface area contributed by atoms with Crippen LogP contribution in [0.1, 0.15) is 28.5 Å². The Morgan fingerprint density at radius 1 is 1.30 bits per heavy atom. The molecule has 0 bridgehead atoms. The topological polar surface area (TPSA) is 42.4 Å². The van der Waals surface area contributed by atoms with Gasteiger partial charge in [0.15, 0.2) is 0 Å². The Balaban J connectivity index is 2.08. The minimum absolute atomic E-state index is 0.0594. The number of aromatic nitrogens is 1. The molecule has 1 aromatic heterocycles. The molecule has 4 nitrogen and oxygen atoms in total. The van der Waals surface area contributed by atoms with Gasteiger partial charge < -0.3 is 9.64 Å². The molecular weight excluding hydrogens is 288 g/mol. The smallest absolute Gasteiger partial charge is 0.254 e. The number of aryl methyl sites for hydroxylation is 1. The van der Waals surface area contributed by atoms with E-state index in [1.165, 1.54) is 0 Å². The van der Waals surface area contributed by atoms with Crippen LogP contribution >= 0.6 is 0 Å². The van der Waals surface area contributed by atoms with Crippen LogP contribution in [-0.4, -0.2) is 29.4 Å². The van der Waals surface area contributed by atoms with Crippen LogP contribution in [0, 0.1) is 6.92 Å². The van der Waals surface area contributed by atoms with Crippen molar-refractivity contribution in [3.8, 4) is 5.75 Å². The fraction of sp³-hybridized carbons (Fsp3) is 0.263. The summed E-state index contributed by atoms with van der Waals surface area (Å²) in [7, 11) is 1.78. The number of carbonyl (C=O) groups is 1. The summed E-state index contributed by atoms with van der Waals surface area (Å²) < 4.78 is 5.59. The molecule has 1 aromatic carbocycles. The predicted molar refractivity (Wildman–Crippen MR) is 91.5 cm³/mol. The van der Waals surface area contributed by atoms with Gasteiger partial charge in [-0.05, 0) is 49.2 Å². The van der Waals surface area contributed by atoms with Crippen molar-refractivity contribution in [2.45, 2.75) is 20.4 Å². The van der Waals surface area contributed by atoms with Crippen molar-refractivity contribution >= 4 is 5.91 Å². The molecule has 23 heavy (non-hydrogen) atoms. The number of pyridine rings is 1. The number of carbonyl (C=O) groups excluding carboxylic acids is 1. The number of amides is 1. The van der Waals surface area contributed by atoms with Gasteiger partial charge in [-0.1, -0.05) is 18.7 Å². The first-order chi connectivity index (χ1) is 11.0. The third-order valence-electron chi connectivity index (χ3n) is 3.42. The largest absolute Gasteiger partial charge is 0.489 e. The lowest BCUT2D eigenvalue weighted by molar-refractivity contribution is 0.0783. The Morgan fingerprint density at radius 3 is 2.78 bits per heavy atom. The highest BCUT2D eigenvalue weighted by Gasteiger charge is 2.14. The summed E-state index contributed by atoms with van der Waals surface area (Å²) in [4.78, 5) is 18.6. The van der Waals surface area contributed by atoms with Crippen molar-refractivity contribution in [2.75, 3.05) is 13.7 Å². The van der Waals surface area contributed by atoms with E-state index in [1.807, 2.05) is 38.1 Å². The third-order valence-corrected chi connectivity index (χ3v) is 3.42. The van der Waals surface area contributed by atoms with Crippen LogP contribution < -0.4 is 4.74 Å². The first-order valence-corrected chi connectivity index (χ1v) is 7.50. The number of nitrogens with zero attached hydrogens (tertiary/aromatic N) is 2. The molecule has 120 valence electrons. The molecule has 2 rings (SSSR count). The monoisotopic (exact) mass is 310 g/mol. The Kier molecular flexibility index (Phi) is 5.52. The lowest BCUT2D eigenvalue weighted by Gasteiger charge is -2.18. The summed E-state index contributed by atoms with van der Waals surface area (Å²) in [5.41, 5.74) is 3.51. The third kappa shape index (κ3) is 4.68. The molecule has 0 aliphatic carbocycles. The predicted octanol–water partition coefficient (Wildman–Crippen LogP) is 3.62. The summed E-state index contributed by atoms with van der Waals surface area (Å²) >= 11 is 0. The molecule has 1 heterocycles. The van der Waals surface area contributed by atoms with E-state index in [1.54, 1.807) is 30.3 Å². The summed E-state index contributed by atoms with van der Waals surface area (Å²) in [6.45, 7) is 8.62. The van der Waals surface area contributed by atoms with Gasteiger partial charge in [-0.15, -0.1) is 0 Å². The Morgan fingerprint density at radius 2 is 2.09 bits per heavy atom. The first kappa shape index (κ1) is 16.7. The van der Waals surface area contributed by atoms with Gasteiger partial charge in [-0.2, -0.15) is 0 Å². The van der Waals surface area contributed by atoms with Gasteiger partial charge in [0, 0.05) is 18.8 Å². The van der Waals surface area contributed by atoms with Crippen LogP contribution in [0.2, 0.25) is 0 Å². The van der Waals surface area contributed by atoms with Crippen molar-refractivity contribution in [1.29, 1.82) is 0 Å². The molecule has 0 fully saturated rings. The van der Waals surface area contributed by atoms with E-state index in [2.05, 4.69) is 11.6 Å². The van der Waals surface area contributed by atoms with E-state index in [0.717, 1.165) is 16.8 Å². The number of ether oxygens (including phenoxy) is 1. The molecule has 0 spiro atoms. The number of benzene rings is 1. The van der Waals surface area contributed by atoms with E-state index in [-0.39, 0.29) is 5.91 Å². The molecule has 1 amide bonds. The molecule has 0 radical (unpaired) electrons. The molecule has 4 heteroatoms. The van der Waals surface area contributed by atoms with Gasteiger partial charge in [0.25, 0.3) is 5.91 Å². The lowest BCUT2D eigenvalue weighted by atomic mass is 10.1. The second-order valence-corrected chi connectivity index (χ2v) is 5.70. The lowest BCUT2D eigenvalue weighted by Crippen LogP contribution is -2.27. The minimum atomic E-state index is -0.0594. The molecule has 0 atom stereocenters. The standard InChI is InChI=1S/C19H22N2O2/c1-14(2)13-23-17-9-5-8-16(11-17)19(22)21(4)12-18-15(3)7-6-10-20-18/h5-11H,1,12-13H2,2-4H3. The van der Waals surface area contributed by atoms with Gasteiger partial charge in [0.1, 0.15) is 12.4 Å². The number of hydrogen-bond acceptors (Lipinski definition) is 3. The second-order valence-electron chi connectivity index (χ2n) is 5.70. The van der Waals surface area contributed by atoms with Crippen molar-refractivity contribution in [1.82, 2.24) is 9.88 Å². The molecule has 0 aliphatic heterocycles. The molecule has 2 aromatic rings. The zero-order chi connectivity index (χ0) is 16.8. The molecule has 0 unspecified atom stereocenters.